The van der Waals surface area contributed by atoms with Gasteiger partial charge in [0.1, 0.15) is 14.1 Å². The Balaban J connectivity index is 0.000000186. The summed E-state index contributed by atoms with van der Waals surface area (Å²) in [6.07, 6.45) is 4.19. The molecule has 6 nitrogen and oxygen atoms in total. The fourth-order valence-electron chi connectivity index (χ4n) is 4.67. The van der Waals surface area contributed by atoms with Crippen LogP contribution in [0.15, 0.2) is 180 Å². The highest BCUT2D eigenvalue weighted by Crippen LogP contribution is 2.40. The van der Waals surface area contributed by atoms with E-state index in [2.05, 4.69) is 193 Å². The number of pyridine rings is 2. The third-order valence-corrected chi connectivity index (χ3v) is 9.79. The molecule has 0 bridgehead atoms. The van der Waals surface area contributed by atoms with Crippen molar-refractivity contribution < 1.29 is 26.7 Å². The topological polar surface area (TPSA) is 88.0 Å². The molecule has 0 atom stereocenters. The first-order valence-electron chi connectivity index (χ1n) is 14.8. The summed E-state index contributed by atoms with van der Waals surface area (Å²) in [5, 5.41) is 3.13. The zero-order valence-corrected chi connectivity index (χ0v) is 28.5. The first-order valence-corrected chi connectivity index (χ1v) is 17.9. The number of hydrogen-bond acceptors (Lipinski definition) is 6. The minimum absolute atomic E-state index is 0.306. The van der Waals surface area contributed by atoms with Gasteiger partial charge in [0, 0.05) is 34.7 Å². The first-order chi connectivity index (χ1) is 22.7. The second kappa shape index (κ2) is 18.2. The average Bonchev–Trinajstić information content (AvgIpc) is 3.09. The van der Waals surface area contributed by atoms with E-state index < -0.39 is 10.4 Å². The Morgan fingerprint density at radius 1 is 0.447 bits per heavy atom. The SMILES string of the molecule is C[n+]1ccccc1SC(c1ccccc1)c1ccccc1.C[n+]1ccccc1SC(c1ccccc1)c1ccccc1.O=S(=O)([O-])[O-]. The number of rotatable bonds is 8. The molecular weight excluding hydrogens is 645 g/mol. The zero-order chi connectivity index (χ0) is 33.5. The standard InChI is InChI=1S/2C19H18NS.H2O4S/c2*1-20-15-9-8-14-18(20)21-19(16-10-4-2-5-11-16)17-12-6-3-7-13-17;1-5(2,3)4/h2*2-15,19H,1H3;(H2,1,2,3,4)/q2*+1;/p-2. The van der Waals surface area contributed by atoms with Crippen molar-refractivity contribution >= 4 is 33.9 Å². The molecule has 0 fully saturated rings. The quantitative estimate of drug-likeness (QED) is 0.0719. The summed E-state index contributed by atoms with van der Waals surface area (Å²) >= 11 is 3.77. The molecule has 0 unspecified atom stereocenters. The van der Waals surface area contributed by atoms with Crippen LogP contribution >= 0.6 is 23.5 Å². The molecule has 9 heteroatoms. The smallest absolute Gasteiger partial charge is 0.240 e. The van der Waals surface area contributed by atoms with E-state index in [1.54, 1.807) is 0 Å². The van der Waals surface area contributed by atoms with Crippen LogP contribution in [0.3, 0.4) is 0 Å². The third-order valence-electron chi connectivity index (χ3n) is 6.90. The van der Waals surface area contributed by atoms with Crippen molar-refractivity contribution in [2.24, 2.45) is 14.1 Å². The van der Waals surface area contributed by atoms with E-state index in [1.807, 2.05) is 23.5 Å². The number of thioether (sulfide) groups is 2. The third kappa shape index (κ3) is 12.1. The van der Waals surface area contributed by atoms with Crippen LogP contribution < -0.4 is 9.13 Å². The summed E-state index contributed by atoms with van der Waals surface area (Å²) in [6.45, 7) is 0. The zero-order valence-electron chi connectivity index (χ0n) is 26.1. The lowest BCUT2D eigenvalue weighted by molar-refractivity contribution is -0.709. The van der Waals surface area contributed by atoms with E-state index in [0.29, 0.717) is 10.5 Å². The van der Waals surface area contributed by atoms with Crippen LogP contribution in [0.5, 0.6) is 0 Å². The molecule has 4 aromatic carbocycles. The van der Waals surface area contributed by atoms with Gasteiger partial charge in [0.25, 0.3) is 0 Å². The Bertz CT molecular complexity index is 1680. The van der Waals surface area contributed by atoms with E-state index in [-0.39, 0.29) is 0 Å². The van der Waals surface area contributed by atoms with Gasteiger partial charge in [0.15, 0.2) is 12.4 Å². The van der Waals surface area contributed by atoms with E-state index in [1.165, 1.54) is 32.3 Å². The van der Waals surface area contributed by atoms with E-state index in [9.17, 15) is 0 Å². The molecule has 0 saturated carbocycles. The summed E-state index contributed by atoms with van der Waals surface area (Å²) in [6, 6.07) is 55.4. The van der Waals surface area contributed by atoms with Gasteiger partial charge in [-0.25, -0.2) is 0 Å². The molecule has 47 heavy (non-hydrogen) atoms. The monoisotopic (exact) mass is 680 g/mol. The Labute approximate surface area is 286 Å². The van der Waals surface area contributed by atoms with Gasteiger partial charge in [0.05, 0.1) is 10.5 Å². The molecule has 6 aromatic rings. The van der Waals surface area contributed by atoms with Gasteiger partial charge in [-0.05, 0) is 57.9 Å². The molecule has 0 radical (unpaired) electrons. The molecule has 0 aliphatic carbocycles. The highest BCUT2D eigenvalue weighted by Gasteiger charge is 2.20. The minimum atomic E-state index is -5.17. The second-order valence-electron chi connectivity index (χ2n) is 10.3. The Morgan fingerprint density at radius 3 is 0.915 bits per heavy atom. The molecule has 0 amide bonds. The van der Waals surface area contributed by atoms with Gasteiger partial charge in [-0.1, -0.05) is 121 Å². The van der Waals surface area contributed by atoms with Crippen molar-refractivity contribution in [1.29, 1.82) is 0 Å². The Morgan fingerprint density at radius 2 is 0.681 bits per heavy atom. The molecule has 6 rings (SSSR count). The molecule has 240 valence electrons. The fourth-order valence-corrected chi connectivity index (χ4v) is 7.09. The first kappa shape index (κ1) is 35.6. The molecule has 0 N–H and O–H groups in total. The van der Waals surface area contributed by atoms with E-state index in [4.69, 9.17) is 17.5 Å². The lowest BCUT2D eigenvalue weighted by Gasteiger charge is -2.16. The number of benzene rings is 4. The molecule has 0 aliphatic heterocycles. The summed E-state index contributed by atoms with van der Waals surface area (Å²) in [4.78, 5) is 0. The molecule has 2 aromatic heterocycles. The molecule has 0 saturated heterocycles. The predicted octanol–water partition coefficient (Wildman–Crippen LogP) is 7.45. The summed E-state index contributed by atoms with van der Waals surface area (Å²) < 4.78 is 38.4. The molecular formula is C38H36N2O4S3. The van der Waals surface area contributed by atoms with Crippen LogP contribution in [0.1, 0.15) is 32.8 Å². The predicted molar refractivity (Wildman–Crippen MR) is 187 cm³/mol. The van der Waals surface area contributed by atoms with Crippen molar-refractivity contribution in [3.63, 3.8) is 0 Å². The summed E-state index contributed by atoms with van der Waals surface area (Å²) in [5.41, 5.74) is 5.32. The van der Waals surface area contributed by atoms with Crippen molar-refractivity contribution in [2.45, 2.75) is 20.6 Å². The van der Waals surface area contributed by atoms with Gasteiger partial charge in [0.2, 0.25) is 10.1 Å². The number of aromatic nitrogens is 2. The lowest BCUT2D eigenvalue weighted by atomic mass is 10.0. The lowest BCUT2D eigenvalue weighted by Crippen LogP contribution is -2.30. The second-order valence-corrected chi connectivity index (χ2v) is 13.4. The maximum atomic E-state index is 8.52. The molecule has 0 spiro atoms. The van der Waals surface area contributed by atoms with Gasteiger partial charge >= 0.3 is 0 Å². The van der Waals surface area contributed by atoms with Crippen molar-refractivity contribution in [3.8, 4) is 0 Å². The molecule has 0 aliphatic rings. The van der Waals surface area contributed by atoms with Crippen LogP contribution in [0.2, 0.25) is 0 Å². The van der Waals surface area contributed by atoms with Gasteiger partial charge < -0.3 is 9.11 Å². The van der Waals surface area contributed by atoms with Crippen LogP contribution in [0, 0.1) is 0 Å². The Kier molecular flexibility index (Phi) is 13.8. The highest BCUT2D eigenvalue weighted by molar-refractivity contribution is 7.99. The van der Waals surface area contributed by atoms with Crippen molar-refractivity contribution in [2.75, 3.05) is 0 Å². The van der Waals surface area contributed by atoms with Gasteiger partial charge in [-0.2, -0.15) is 9.13 Å². The Hall–Kier alpha value is -4.25. The molecule has 2 heterocycles. The summed E-state index contributed by atoms with van der Waals surface area (Å²) in [5.74, 6) is 0. The minimum Gasteiger partial charge on any atom is -0.759 e. The van der Waals surface area contributed by atoms with Gasteiger partial charge in [-0.3, -0.25) is 8.42 Å². The van der Waals surface area contributed by atoms with E-state index >= 15 is 0 Å². The van der Waals surface area contributed by atoms with Crippen LogP contribution in [-0.2, 0) is 24.5 Å². The number of aryl methyl sites for hydroxylation is 2. The van der Waals surface area contributed by atoms with Gasteiger partial charge in [-0.15, -0.1) is 0 Å². The van der Waals surface area contributed by atoms with Crippen LogP contribution in [0.4, 0.5) is 0 Å². The fraction of sp³-hybridized carbons (Fsp3) is 0.105. The van der Waals surface area contributed by atoms with Crippen molar-refractivity contribution in [1.82, 2.24) is 0 Å². The van der Waals surface area contributed by atoms with Crippen molar-refractivity contribution in [3.05, 3.63) is 192 Å². The largest absolute Gasteiger partial charge is 0.759 e. The average molecular weight is 681 g/mol. The number of hydrogen-bond donors (Lipinski definition) is 0. The summed E-state index contributed by atoms with van der Waals surface area (Å²) in [7, 11) is -0.981. The van der Waals surface area contributed by atoms with E-state index in [0.717, 1.165) is 0 Å². The highest BCUT2D eigenvalue weighted by atomic mass is 32.3. The normalized spacial score (nSPS) is 10.9. The maximum Gasteiger partial charge on any atom is 0.240 e. The van der Waals surface area contributed by atoms with Crippen LogP contribution in [-0.4, -0.2) is 17.5 Å². The van der Waals surface area contributed by atoms with Crippen LogP contribution in [0.25, 0.3) is 0 Å². The number of nitrogens with zero attached hydrogens (tertiary/aromatic N) is 2. The maximum absolute atomic E-state index is 8.52.